The smallest absolute Gasteiger partial charge is 0.319 e. The van der Waals surface area contributed by atoms with Gasteiger partial charge in [-0.05, 0) is 36.8 Å². The number of anilines is 4. The monoisotopic (exact) mass is 399 g/mol. The molecule has 3 aromatic rings. The number of nitrogens with zero attached hydrogens (tertiary/aromatic N) is 3. The van der Waals surface area contributed by atoms with Crippen LogP contribution in [0, 0.1) is 18.6 Å². The van der Waals surface area contributed by atoms with Gasteiger partial charge in [-0.15, -0.1) is 0 Å². The van der Waals surface area contributed by atoms with Crippen LogP contribution in [-0.2, 0) is 0 Å². The molecule has 2 amide bonds. The highest BCUT2D eigenvalue weighted by Gasteiger charge is 2.05. The molecule has 0 aliphatic carbocycles. The van der Waals surface area contributed by atoms with Gasteiger partial charge in [-0.3, -0.25) is 0 Å². The number of pyridine rings is 1. The maximum absolute atomic E-state index is 13.1. The predicted molar refractivity (Wildman–Crippen MR) is 106 cm³/mol. The minimum Gasteiger partial charge on any atom is -0.368 e. The quantitative estimate of drug-likeness (QED) is 0.454. The first-order valence-electron chi connectivity index (χ1n) is 8.74. The Bertz CT molecular complexity index is 980. The molecule has 0 aliphatic rings. The van der Waals surface area contributed by atoms with Gasteiger partial charge < -0.3 is 21.3 Å². The molecule has 0 spiro atoms. The normalized spacial score (nSPS) is 10.3. The Labute approximate surface area is 165 Å². The summed E-state index contributed by atoms with van der Waals surface area (Å²) < 4.78 is 26.2. The first kappa shape index (κ1) is 19.9. The molecular formula is C19H19F2N7O. The van der Waals surface area contributed by atoms with E-state index in [9.17, 15) is 13.6 Å². The standard InChI is InChI=1S/C19H19F2N7O/c1-12-2-3-22-17(6-12)28-18-10-16(25-11-26-18)23-4-5-24-19(29)27-15-8-13(20)7-14(21)9-15/h2-3,6-11H,4-5H2,1H3,(H2,24,27,29)(H2,22,23,25,26,28). The fourth-order valence-corrected chi connectivity index (χ4v) is 2.43. The van der Waals surface area contributed by atoms with E-state index in [1.807, 2.05) is 19.1 Å². The summed E-state index contributed by atoms with van der Waals surface area (Å²) in [4.78, 5) is 24.3. The number of carbonyl (C=O) groups is 1. The number of rotatable bonds is 7. The highest BCUT2D eigenvalue weighted by molar-refractivity contribution is 5.89. The number of aromatic nitrogens is 3. The first-order valence-corrected chi connectivity index (χ1v) is 8.74. The Morgan fingerprint density at radius 2 is 1.66 bits per heavy atom. The summed E-state index contributed by atoms with van der Waals surface area (Å²) in [5, 5.41) is 11.1. The van der Waals surface area contributed by atoms with Gasteiger partial charge in [-0.25, -0.2) is 28.5 Å². The van der Waals surface area contributed by atoms with Crippen LogP contribution in [0.2, 0.25) is 0 Å². The molecule has 2 heterocycles. The number of aryl methyl sites for hydroxylation is 1. The summed E-state index contributed by atoms with van der Waals surface area (Å²) in [5.74, 6) is 0.262. The van der Waals surface area contributed by atoms with Crippen molar-refractivity contribution in [3.8, 4) is 0 Å². The molecule has 3 rings (SSSR count). The van der Waals surface area contributed by atoms with Crippen LogP contribution in [0.4, 0.5) is 36.7 Å². The van der Waals surface area contributed by atoms with Crippen LogP contribution in [-0.4, -0.2) is 34.1 Å². The van der Waals surface area contributed by atoms with Gasteiger partial charge in [-0.1, -0.05) is 0 Å². The maximum Gasteiger partial charge on any atom is 0.319 e. The van der Waals surface area contributed by atoms with Crippen LogP contribution in [0.25, 0.3) is 0 Å². The SMILES string of the molecule is Cc1ccnc(Nc2cc(NCCNC(=O)Nc3cc(F)cc(F)c3)ncn2)c1. The lowest BCUT2D eigenvalue weighted by molar-refractivity contribution is 0.252. The zero-order chi connectivity index (χ0) is 20.6. The summed E-state index contributed by atoms with van der Waals surface area (Å²) in [6.45, 7) is 2.60. The minimum atomic E-state index is -0.768. The number of benzene rings is 1. The Hall–Kier alpha value is -3.82. The van der Waals surface area contributed by atoms with Crippen molar-refractivity contribution in [3.05, 3.63) is 66.1 Å². The number of nitrogens with one attached hydrogen (secondary N) is 4. The molecule has 29 heavy (non-hydrogen) atoms. The summed E-state index contributed by atoms with van der Waals surface area (Å²) >= 11 is 0. The van der Waals surface area contributed by atoms with E-state index in [0.29, 0.717) is 24.0 Å². The van der Waals surface area contributed by atoms with Crippen molar-refractivity contribution in [2.45, 2.75) is 6.92 Å². The summed E-state index contributed by atoms with van der Waals surface area (Å²) in [6, 6.07) is 7.70. The highest BCUT2D eigenvalue weighted by atomic mass is 19.1. The number of carbonyl (C=O) groups excluding carboxylic acids is 1. The maximum atomic E-state index is 13.1. The highest BCUT2D eigenvalue weighted by Crippen LogP contribution is 2.15. The summed E-state index contributed by atoms with van der Waals surface area (Å²) in [5.41, 5.74) is 1.10. The molecule has 0 atom stereocenters. The van der Waals surface area contributed by atoms with Crippen molar-refractivity contribution in [1.82, 2.24) is 20.3 Å². The van der Waals surface area contributed by atoms with Crippen molar-refractivity contribution >= 4 is 29.2 Å². The molecule has 2 aromatic heterocycles. The minimum absolute atomic E-state index is 0.0317. The first-order chi connectivity index (χ1) is 14.0. The lowest BCUT2D eigenvalue weighted by Crippen LogP contribution is -2.32. The van der Waals surface area contributed by atoms with Gasteiger partial charge in [-0.2, -0.15) is 0 Å². The van der Waals surface area contributed by atoms with Gasteiger partial charge in [0.15, 0.2) is 0 Å². The second-order valence-corrected chi connectivity index (χ2v) is 6.10. The van der Waals surface area contributed by atoms with Crippen molar-refractivity contribution < 1.29 is 13.6 Å². The number of amides is 2. The number of hydrogen-bond acceptors (Lipinski definition) is 6. The molecule has 1 aromatic carbocycles. The average molecular weight is 399 g/mol. The third-order valence-electron chi connectivity index (χ3n) is 3.68. The zero-order valence-corrected chi connectivity index (χ0v) is 15.5. The Morgan fingerprint density at radius 1 is 0.931 bits per heavy atom. The van der Waals surface area contributed by atoms with Crippen LogP contribution in [0.5, 0.6) is 0 Å². The lowest BCUT2D eigenvalue weighted by atomic mass is 10.3. The molecule has 0 saturated heterocycles. The largest absolute Gasteiger partial charge is 0.368 e. The molecule has 0 radical (unpaired) electrons. The van der Waals surface area contributed by atoms with E-state index in [0.717, 1.165) is 23.8 Å². The van der Waals surface area contributed by atoms with E-state index in [1.54, 1.807) is 12.3 Å². The molecule has 0 unspecified atom stereocenters. The van der Waals surface area contributed by atoms with Crippen LogP contribution in [0.1, 0.15) is 5.56 Å². The summed E-state index contributed by atoms with van der Waals surface area (Å²) in [7, 11) is 0. The second kappa shape index (κ2) is 9.40. The van der Waals surface area contributed by atoms with Gasteiger partial charge in [0.2, 0.25) is 0 Å². The predicted octanol–water partition coefficient (Wildman–Crippen LogP) is 3.44. The number of urea groups is 1. The van der Waals surface area contributed by atoms with Crippen molar-refractivity contribution in [2.24, 2.45) is 0 Å². The van der Waals surface area contributed by atoms with E-state index in [4.69, 9.17) is 0 Å². The van der Waals surface area contributed by atoms with Gasteiger partial charge in [0.1, 0.15) is 35.4 Å². The Balaban J connectivity index is 1.45. The average Bonchev–Trinajstić information content (AvgIpc) is 2.65. The fourth-order valence-electron chi connectivity index (χ4n) is 2.43. The molecule has 150 valence electrons. The van der Waals surface area contributed by atoms with E-state index < -0.39 is 17.7 Å². The van der Waals surface area contributed by atoms with Gasteiger partial charge >= 0.3 is 6.03 Å². The summed E-state index contributed by atoms with van der Waals surface area (Å²) in [6.07, 6.45) is 3.10. The fraction of sp³-hybridized carbons (Fsp3) is 0.158. The van der Waals surface area contributed by atoms with Crippen molar-refractivity contribution in [3.63, 3.8) is 0 Å². The van der Waals surface area contributed by atoms with E-state index in [-0.39, 0.29) is 12.2 Å². The molecule has 0 fully saturated rings. The Kier molecular flexibility index (Phi) is 6.46. The van der Waals surface area contributed by atoms with Crippen LogP contribution in [0.15, 0.2) is 48.9 Å². The van der Waals surface area contributed by atoms with E-state index in [1.165, 1.54) is 6.33 Å². The van der Waals surface area contributed by atoms with Crippen LogP contribution >= 0.6 is 0 Å². The van der Waals surface area contributed by atoms with Crippen molar-refractivity contribution in [2.75, 3.05) is 29.0 Å². The van der Waals surface area contributed by atoms with E-state index in [2.05, 4.69) is 36.2 Å². The molecule has 8 nitrogen and oxygen atoms in total. The van der Waals surface area contributed by atoms with E-state index >= 15 is 0 Å². The van der Waals surface area contributed by atoms with Crippen LogP contribution in [0.3, 0.4) is 0 Å². The number of halogens is 2. The molecule has 0 aliphatic heterocycles. The molecular weight excluding hydrogens is 380 g/mol. The molecule has 0 bridgehead atoms. The topological polar surface area (TPSA) is 104 Å². The van der Waals surface area contributed by atoms with Crippen LogP contribution < -0.4 is 21.3 Å². The van der Waals surface area contributed by atoms with Gasteiger partial charge in [0.05, 0.1) is 0 Å². The molecule has 10 heteroatoms. The zero-order valence-electron chi connectivity index (χ0n) is 15.5. The lowest BCUT2D eigenvalue weighted by Gasteiger charge is -2.10. The third kappa shape index (κ3) is 6.38. The number of hydrogen-bond donors (Lipinski definition) is 4. The van der Waals surface area contributed by atoms with Gasteiger partial charge in [0, 0.05) is 37.1 Å². The second-order valence-electron chi connectivity index (χ2n) is 6.10. The molecule has 0 saturated carbocycles. The molecule has 4 N–H and O–H groups in total. The Morgan fingerprint density at radius 3 is 2.41 bits per heavy atom. The van der Waals surface area contributed by atoms with Gasteiger partial charge in [0.25, 0.3) is 0 Å². The third-order valence-corrected chi connectivity index (χ3v) is 3.68. The van der Waals surface area contributed by atoms with Crippen molar-refractivity contribution in [1.29, 1.82) is 0 Å².